The van der Waals surface area contributed by atoms with Crippen LogP contribution in [0.25, 0.3) is 0 Å². The Morgan fingerprint density at radius 1 is 0.731 bits per heavy atom. The maximum atomic E-state index is 14.2. The molecular formula is C41H72FN3O7. The van der Waals surface area contributed by atoms with Crippen LogP contribution in [0.1, 0.15) is 200 Å². The normalized spacial score (nSPS) is 18.5. The monoisotopic (exact) mass is 738 g/mol. The van der Waals surface area contributed by atoms with Gasteiger partial charge in [0.15, 0.2) is 24.0 Å². The van der Waals surface area contributed by atoms with Gasteiger partial charge in [-0.25, -0.2) is 9.18 Å². The highest BCUT2D eigenvalue weighted by atomic mass is 19.1. The molecule has 10 nitrogen and oxygen atoms in total. The summed E-state index contributed by atoms with van der Waals surface area (Å²) in [6.07, 6.45) is 27.0. The van der Waals surface area contributed by atoms with Gasteiger partial charge in [0.05, 0.1) is 6.20 Å². The molecule has 4 atom stereocenters. The molecule has 0 bridgehead atoms. The number of unbranched alkanes of at least 4 members (excludes halogenated alkanes) is 24. The number of ether oxygens (including phenoxy) is 3. The summed E-state index contributed by atoms with van der Waals surface area (Å²) in [5.41, 5.74) is 4.50. The van der Waals surface area contributed by atoms with E-state index in [-0.39, 0.29) is 19.4 Å². The molecule has 0 spiro atoms. The van der Waals surface area contributed by atoms with Crippen LogP contribution in [0.3, 0.4) is 0 Å². The Bertz CT molecular complexity index is 1150. The zero-order chi connectivity index (χ0) is 37.8. The second kappa shape index (κ2) is 28.9. The van der Waals surface area contributed by atoms with Crippen molar-refractivity contribution in [2.45, 2.75) is 218 Å². The van der Waals surface area contributed by atoms with Crippen molar-refractivity contribution < 1.29 is 33.3 Å². The number of rotatable bonds is 32. The lowest BCUT2D eigenvalue weighted by Gasteiger charge is -2.21. The standard InChI is InChI=1S/C41H72FN3O7/c1-3-5-7-9-11-13-15-17-19-21-23-25-27-29-35(46)50-32-34-38(37(48)40(51-34)45-31-33(42)39(43)44-41(45)49)52-36(47)30-28-26-24-22-20-18-16-14-12-10-8-6-4-2/h31,34,37-38,40,48H,3-30,32H2,1-2H3,(H2,43,44,49)/t34-,37+,38-,40-/m1/s1. The van der Waals surface area contributed by atoms with Gasteiger partial charge in [-0.1, -0.05) is 168 Å². The number of carbonyl (C=O) groups excluding carboxylic acids is 2. The highest BCUT2D eigenvalue weighted by Gasteiger charge is 2.48. The summed E-state index contributed by atoms with van der Waals surface area (Å²) in [6.45, 7) is 4.19. The van der Waals surface area contributed by atoms with Gasteiger partial charge in [-0.05, 0) is 12.8 Å². The molecule has 0 aliphatic carbocycles. The predicted octanol–water partition coefficient (Wildman–Crippen LogP) is 9.64. The Morgan fingerprint density at radius 3 is 1.58 bits per heavy atom. The number of nitrogens with zero attached hydrogens (tertiary/aromatic N) is 2. The van der Waals surface area contributed by atoms with Crippen LogP contribution in [0.2, 0.25) is 0 Å². The molecule has 0 unspecified atom stereocenters. The predicted molar refractivity (Wildman–Crippen MR) is 204 cm³/mol. The van der Waals surface area contributed by atoms with Gasteiger partial charge in [0.2, 0.25) is 0 Å². The molecule has 2 rings (SSSR count). The molecule has 1 aromatic rings. The van der Waals surface area contributed by atoms with Crippen LogP contribution in [0, 0.1) is 5.82 Å². The highest BCUT2D eigenvalue weighted by molar-refractivity contribution is 5.70. The van der Waals surface area contributed by atoms with Crippen LogP contribution in [-0.4, -0.2) is 51.5 Å². The van der Waals surface area contributed by atoms with Crippen molar-refractivity contribution in [3.63, 3.8) is 0 Å². The first-order valence-corrected chi connectivity index (χ1v) is 21.0. The van der Waals surface area contributed by atoms with E-state index in [1.807, 2.05) is 0 Å². The number of nitrogen functional groups attached to an aromatic ring is 1. The lowest BCUT2D eigenvalue weighted by atomic mass is 10.0. The summed E-state index contributed by atoms with van der Waals surface area (Å²) in [5, 5.41) is 11.1. The molecular weight excluding hydrogens is 665 g/mol. The number of carbonyl (C=O) groups is 2. The van der Waals surface area contributed by atoms with Gasteiger partial charge in [-0.2, -0.15) is 4.98 Å². The van der Waals surface area contributed by atoms with Crippen LogP contribution in [0.4, 0.5) is 10.2 Å². The Labute approximate surface area is 313 Å². The van der Waals surface area contributed by atoms with E-state index >= 15 is 0 Å². The fourth-order valence-electron chi connectivity index (χ4n) is 6.90. The molecule has 1 aliphatic rings. The van der Waals surface area contributed by atoms with Crippen LogP contribution >= 0.6 is 0 Å². The molecule has 0 amide bonds. The van der Waals surface area contributed by atoms with E-state index in [4.69, 9.17) is 19.9 Å². The number of halogens is 1. The molecule has 2 heterocycles. The third kappa shape index (κ3) is 19.5. The van der Waals surface area contributed by atoms with Crippen molar-refractivity contribution in [3.05, 3.63) is 22.5 Å². The van der Waals surface area contributed by atoms with E-state index in [1.165, 1.54) is 116 Å². The second-order valence-corrected chi connectivity index (χ2v) is 14.8. The molecule has 0 aromatic carbocycles. The quantitative estimate of drug-likeness (QED) is 0.0546. The number of aliphatic hydroxyl groups is 1. The van der Waals surface area contributed by atoms with Crippen molar-refractivity contribution >= 4 is 17.8 Å². The number of aliphatic hydroxyl groups excluding tert-OH is 1. The second-order valence-electron chi connectivity index (χ2n) is 14.8. The topological polar surface area (TPSA) is 143 Å². The first-order valence-electron chi connectivity index (χ1n) is 21.0. The summed E-state index contributed by atoms with van der Waals surface area (Å²) in [7, 11) is 0. The molecule has 11 heteroatoms. The Hall–Kier alpha value is -2.53. The lowest BCUT2D eigenvalue weighted by Crippen LogP contribution is -2.40. The van der Waals surface area contributed by atoms with Crippen molar-refractivity contribution in [2.24, 2.45) is 0 Å². The van der Waals surface area contributed by atoms with Crippen molar-refractivity contribution in [2.75, 3.05) is 12.3 Å². The van der Waals surface area contributed by atoms with Crippen molar-refractivity contribution in [3.8, 4) is 0 Å². The average Bonchev–Trinajstić information content (AvgIpc) is 3.43. The maximum absolute atomic E-state index is 14.2. The third-order valence-electron chi connectivity index (χ3n) is 10.2. The van der Waals surface area contributed by atoms with Crippen LogP contribution in [0.15, 0.2) is 11.0 Å². The van der Waals surface area contributed by atoms with Crippen molar-refractivity contribution in [1.29, 1.82) is 0 Å². The minimum atomic E-state index is -1.53. The molecule has 0 radical (unpaired) electrons. The minimum absolute atomic E-state index is 0.162. The smallest absolute Gasteiger partial charge is 0.351 e. The van der Waals surface area contributed by atoms with Crippen molar-refractivity contribution in [1.82, 2.24) is 9.55 Å². The summed E-state index contributed by atoms with van der Waals surface area (Å²) in [4.78, 5) is 41.4. The molecule has 1 fully saturated rings. The molecule has 3 N–H and O–H groups in total. The summed E-state index contributed by atoms with van der Waals surface area (Å²) in [6, 6.07) is 0. The zero-order valence-corrected chi connectivity index (χ0v) is 32.6. The van der Waals surface area contributed by atoms with E-state index in [1.54, 1.807) is 0 Å². The van der Waals surface area contributed by atoms with Gasteiger partial charge >= 0.3 is 17.6 Å². The number of nitrogens with two attached hydrogens (primary N) is 1. The van der Waals surface area contributed by atoms with Gasteiger partial charge in [-0.3, -0.25) is 14.2 Å². The van der Waals surface area contributed by atoms with Gasteiger partial charge in [0, 0.05) is 12.8 Å². The van der Waals surface area contributed by atoms with E-state index in [0.717, 1.165) is 49.3 Å². The molecule has 1 aromatic heterocycles. The number of hydrogen-bond acceptors (Lipinski definition) is 9. The number of anilines is 1. The highest BCUT2D eigenvalue weighted by Crippen LogP contribution is 2.32. The third-order valence-corrected chi connectivity index (χ3v) is 10.2. The first kappa shape index (κ1) is 45.6. The summed E-state index contributed by atoms with van der Waals surface area (Å²) in [5.74, 6) is -2.47. The van der Waals surface area contributed by atoms with Crippen LogP contribution < -0.4 is 11.4 Å². The van der Waals surface area contributed by atoms with E-state index in [0.29, 0.717) is 12.8 Å². The number of hydrogen-bond donors (Lipinski definition) is 2. The SMILES string of the molecule is CCCCCCCCCCCCCCCC(=O)OC[C@H]1O[C@@H](n2cc(F)c(N)nc2=O)[C@@H](O)[C@@H]1OC(=O)CCCCCCCCCCCCCCC. The molecule has 300 valence electrons. The van der Waals surface area contributed by atoms with Gasteiger partial charge in [0.25, 0.3) is 0 Å². The van der Waals surface area contributed by atoms with Crippen LogP contribution in [0.5, 0.6) is 0 Å². The van der Waals surface area contributed by atoms with Gasteiger partial charge in [0.1, 0.15) is 18.8 Å². The van der Waals surface area contributed by atoms with Crippen LogP contribution in [-0.2, 0) is 23.8 Å². The largest absolute Gasteiger partial charge is 0.463 e. The Balaban J connectivity index is 1.72. The maximum Gasteiger partial charge on any atom is 0.351 e. The van der Waals surface area contributed by atoms with E-state index in [9.17, 15) is 23.9 Å². The number of esters is 2. The van der Waals surface area contributed by atoms with E-state index in [2.05, 4.69) is 18.8 Å². The summed E-state index contributed by atoms with van der Waals surface area (Å²) < 4.78 is 32.0. The zero-order valence-electron chi connectivity index (χ0n) is 32.6. The number of aromatic nitrogens is 2. The Morgan fingerprint density at radius 2 is 1.13 bits per heavy atom. The van der Waals surface area contributed by atoms with E-state index < -0.39 is 53.8 Å². The average molecular weight is 738 g/mol. The Kier molecular flexibility index (Phi) is 25.4. The molecule has 52 heavy (non-hydrogen) atoms. The van der Waals surface area contributed by atoms with Gasteiger partial charge in [-0.15, -0.1) is 0 Å². The molecule has 0 saturated carbocycles. The first-order chi connectivity index (χ1) is 25.3. The molecule has 1 saturated heterocycles. The molecule has 1 aliphatic heterocycles. The summed E-state index contributed by atoms with van der Waals surface area (Å²) >= 11 is 0. The fourth-order valence-corrected chi connectivity index (χ4v) is 6.90. The fraction of sp³-hybridized carbons (Fsp3) is 0.854. The van der Waals surface area contributed by atoms with Gasteiger partial charge < -0.3 is 25.1 Å². The minimum Gasteiger partial charge on any atom is -0.463 e. The lowest BCUT2D eigenvalue weighted by molar-refractivity contribution is -0.160.